The summed E-state index contributed by atoms with van der Waals surface area (Å²) in [5, 5.41) is 11.3. The molecule has 2 atom stereocenters. The van der Waals surface area contributed by atoms with Gasteiger partial charge in [0.2, 0.25) is 5.91 Å². The highest BCUT2D eigenvalue weighted by Crippen LogP contribution is 2.45. The molecule has 2 aromatic heterocycles. The van der Waals surface area contributed by atoms with Gasteiger partial charge in [-0.15, -0.1) is 23.1 Å². The maximum Gasteiger partial charge on any atom is 0.353 e. The van der Waals surface area contributed by atoms with Crippen LogP contribution in [0, 0.1) is 0 Å². The third-order valence-electron chi connectivity index (χ3n) is 4.14. The van der Waals surface area contributed by atoms with Crippen molar-refractivity contribution < 1.29 is 19.3 Å². The van der Waals surface area contributed by atoms with Crippen LogP contribution in [0.4, 0.5) is 0 Å². The SMILES string of the molecule is C[n+]1ccc(-c2csc(SC3=C(C(=O)O)N4C(=O)[C@@H](N)[C@H]4SC3)n2)cc1. The lowest BCUT2D eigenvalue weighted by Gasteiger charge is -2.47. The number of aryl methyl sites for hydroxylation is 1. The van der Waals surface area contributed by atoms with Crippen LogP contribution in [0.2, 0.25) is 0 Å². The van der Waals surface area contributed by atoms with E-state index in [2.05, 4.69) is 4.98 Å². The Morgan fingerprint density at radius 2 is 2.19 bits per heavy atom. The summed E-state index contributed by atoms with van der Waals surface area (Å²) >= 11 is 4.26. The number of nitrogens with zero attached hydrogens (tertiary/aromatic N) is 3. The molecule has 0 spiro atoms. The average Bonchev–Trinajstić information content (AvgIpc) is 3.09. The molecule has 1 saturated heterocycles. The van der Waals surface area contributed by atoms with Crippen molar-refractivity contribution in [2.45, 2.75) is 15.8 Å². The number of carboxylic acids is 1. The number of carboxylic acid groups (broad SMARTS) is 1. The number of aliphatic carboxylic acids is 1. The Hall–Kier alpha value is -1.88. The van der Waals surface area contributed by atoms with Crippen LogP contribution in [0.15, 0.2) is 44.8 Å². The van der Waals surface area contributed by atoms with E-state index in [4.69, 9.17) is 5.73 Å². The quantitative estimate of drug-likeness (QED) is 0.581. The summed E-state index contributed by atoms with van der Waals surface area (Å²) < 4.78 is 2.69. The molecule has 0 aliphatic carbocycles. The first-order valence-electron chi connectivity index (χ1n) is 7.71. The highest BCUT2D eigenvalue weighted by atomic mass is 32.2. The molecule has 1 fully saturated rings. The lowest BCUT2D eigenvalue weighted by molar-refractivity contribution is -0.671. The number of pyridine rings is 1. The number of thioether (sulfide) groups is 2. The second-order valence-electron chi connectivity index (χ2n) is 5.87. The van der Waals surface area contributed by atoms with E-state index in [0.29, 0.717) is 10.7 Å². The zero-order valence-corrected chi connectivity index (χ0v) is 16.1. The highest BCUT2D eigenvalue weighted by Gasteiger charge is 2.52. The minimum absolute atomic E-state index is 0.0361. The fourth-order valence-electron chi connectivity index (χ4n) is 2.78. The molecule has 0 saturated carbocycles. The topological polar surface area (TPSA) is 100 Å². The molecule has 134 valence electrons. The number of hydrogen-bond donors (Lipinski definition) is 2. The number of hydrogen-bond acceptors (Lipinski definition) is 7. The van der Waals surface area contributed by atoms with Gasteiger partial charge < -0.3 is 10.8 Å². The van der Waals surface area contributed by atoms with E-state index in [9.17, 15) is 14.7 Å². The van der Waals surface area contributed by atoms with Gasteiger partial charge >= 0.3 is 5.97 Å². The molecular weight excluding hydrogens is 392 g/mol. The summed E-state index contributed by atoms with van der Waals surface area (Å²) in [6, 6.07) is 3.34. The van der Waals surface area contributed by atoms with Crippen molar-refractivity contribution in [3.63, 3.8) is 0 Å². The molecule has 0 bridgehead atoms. The Bertz CT molecular complexity index is 925. The fourth-order valence-corrected chi connectivity index (χ4v) is 6.19. The van der Waals surface area contributed by atoms with Crippen molar-refractivity contribution in [3.8, 4) is 11.3 Å². The van der Waals surface area contributed by atoms with E-state index >= 15 is 0 Å². The predicted octanol–water partition coefficient (Wildman–Crippen LogP) is 1.27. The van der Waals surface area contributed by atoms with Gasteiger partial charge in [0.15, 0.2) is 16.7 Å². The molecule has 2 aliphatic heterocycles. The van der Waals surface area contributed by atoms with Crippen molar-refractivity contribution >= 4 is 46.7 Å². The van der Waals surface area contributed by atoms with Crippen LogP contribution < -0.4 is 10.3 Å². The fraction of sp³-hybridized carbons (Fsp3) is 0.250. The van der Waals surface area contributed by atoms with Gasteiger partial charge in [-0.2, -0.15) is 0 Å². The Balaban J connectivity index is 1.61. The summed E-state index contributed by atoms with van der Waals surface area (Å²) in [7, 11) is 1.95. The van der Waals surface area contributed by atoms with E-state index in [0.717, 1.165) is 15.6 Å². The van der Waals surface area contributed by atoms with Crippen LogP contribution in [0.25, 0.3) is 11.3 Å². The number of amides is 1. The van der Waals surface area contributed by atoms with Gasteiger partial charge in [-0.3, -0.25) is 9.69 Å². The van der Waals surface area contributed by atoms with Crippen molar-refractivity contribution in [1.29, 1.82) is 0 Å². The van der Waals surface area contributed by atoms with Gasteiger partial charge in [0, 0.05) is 33.7 Å². The van der Waals surface area contributed by atoms with Gasteiger partial charge in [-0.25, -0.2) is 14.3 Å². The minimum Gasteiger partial charge on any atom is -0.477 e. The van der Waals surface area contributed by atoms with Crippen molar-refractivity contribution in [1.82, 2.24) is 9.88 Å². The van der Waals surface area contributed by atoms with Gasteiger partial charge in [-0.05, 0) is 0 Å². The van der Waals surface area contributed by atoms with Crippen molar-refractivity contribution in [2.75, 3.05) is 5.75 Å². The zero-order valence-electron chi connectivity index (χ0n) is 13.7. The maximum absolute atomic E-state index is 12.0. The Morgan fingerprint density at radius 3 is 2.88 bits per heavy atom. The Morgan fingerprint density at radius 1 is 1.46 bits per heavy atom. The van der Waals surface area contributed by atoms with Gasteiger partial charge in [0.05, 0.1) is 5.69 Å². The smallest absolute Gasteiger partial charge is 0.353 e. The normalized spacial score (nSPS) is 22.2. The van der Waals surface area contributed by atoms with Crippen molar-refractivity contribution in [2.24, 2.45) is 12.8 Å². The Kier molecular flexibility index (Phi) is 4.51. The molecule has 0 unspecified atom stereocenters. The largest absolute Gasteiger partial charge is 0.477 e. The van der Waals surface area contributed by atoms with E-state index in [1.165, 1.54) is 39.8 Å². The summed E-state index contributed by atoms with van der Waals surface area (Å²) in [4.78, 5) is 30.2. The van der Waals surface area contributed by atoms with E-state index in [1.807, 2.05) is 41.5 Å². The number of thiazole rings is 1. The third kappa shape index (κ3) is 2.92. The lowest BCUT2D eigenvalue weighted by Crippen LogP contribution is -2.68. The van der Waals surface area contributed by atoms with Gasteiger partial charge in [0.1, 0.15) is 24.2 Å². The number of aromatic nitrogens is 2. The molecule has 3 N–H and O–H groups in total. The standard InChI is InChI=1S/C16H14N4O3S3/c1-19-4-2-8(3-5-19)9-6-25-16(18-9)26-10-7-24-14-11(17)13(21)20(14)12(10)15(22)23/h2-6,11,14H,7,17H2,1H3/p+1/t11-,14-/m1/s1. The second-order valence-corrected chi connectivity index (χ2v) is 9.17. The predicted molar refractivity (Wildman–Crippen MR) is 100 cm³/mol. The zero-order chi connectivity index (χ0) is 18.4. The average molecular weight is 408 g/mol. The van der Waals surface area contributed by atoms with E-state index in [-0.39, 0.29) is 17.0 Å². The summed E-state index contributed by atoms with van der Waals surface area (Å²) in [6.07, 6.45) is 3.90. The summed E-state index contributed by atoms with van der Waals surface area (Å²) in [6.45, 7) is 0. The highest BCUT2D eigenvalue weighted by molar-refractivity contribution is 8.07. The molecule has 2 aliphatic rings. The number of carbonyl (C=O) groups excluding carboxylic acids is 1. The molecule has 1 amide bonds. The molecule has 26 heavy (non-hydrogen) atoms. The molecule has 10 heteroatoms. The molecule has 4 heterocycles. The molecule has 2 aromatic rings. The number of fused-ring (bicyclic) bond motifs is 1. The van der Waals surface area contributed by atoms with Crippen LogP contribution >= 0.6 is 34.9 Å². The number of rotatable bonds is 4. The minimum atomic E-state index is -1.11. The summed E-state index contributed by atoms with van der Waals surface area (Å²) in [5.74, 6) is -0.940. The first kappa shape index (κ1) is 17.5. The molecular formula is C16H15N4O3S3+. The van der Waals surface area contributed by atoms with Crippen LogP contribution in [-0.2, 0) is 16.6 Å². The van der Waals surface area contributed by atoms with Crippen LogP contribution in [0.3, 0.4) is 0 Å². The van der Waals surface area contributed by atoms with E-state index < -0.39 is 12.0 Å². The van der Waals surface area contributed by atoms with Gasteiger partial charge in [-0.1, -0.05) is 11.8 Å². The first-order valence-corrected chi connectivity index (χ1v) is 10.5. The maximum atomic E-state index is 12.0. The molecule has 4 rings (SSSR count). The first-order chi connectivity index (χ1) is 12.5. The van der Waals surface area contributed by atoms with Crippen LogP contribution in [0.5, 0.6) is 0 Å². The molecule has 7 nitrogen and oxygen atoms in total. The summed E-state index contributed by atoms with van der Waals surface area (Å²) in [5.41, 5.74) is 7.65. The van der Waals surface area contributed by atoms with Crippen LogP contribution in [0.1, 0.15) is 0 Å². The molecule has 0 radical (unpaired) electrons. The monoisotopic (exact) mass is 407 g/mol. The van der Waals surface area contributed by atoms with Crippen molar-refractivity contribution in [3.05, 3.63) is 40.5 Å². The lowest BCUT2D eigenvalue weighted by atomic mass is 10.1. The van der Waals surface area contributed by atoms with Crippen LogP contribution in [-0.4, -0.2) is 44.0 Å². The van der Waals surface area contributed by atoms with E-state index in [1.54, 1.807) is 0 Å². The number of carbonyl (C=O) groups is 2. The second kappa shape index (κ2) is 6.69. The third-order valence-corrected chi connectivity index (χ3v) is 7.65. The number of β-lactam (4-membered cyclic amide) rings is 1. The molecule has 0 aromatic carbocycles. The Labute approximate surface area is 161 Å². The number of nitrogens with two attached hydrogens (primary N) is 1. The van der Waals surface area contributed by atoms with Gasteiger partial charge in [0.25, 0.3) is 0 Å².